The van der Waals surface area contributed by atoms with Crippen molar-refractivity contribution in [3.63, 3.8) is 0 Å². The van der Waals surface area contributed by atoms with Gasteiger partial charge in [-0.25, -0.2) is 0 Å². The van der Waals surface area contributed by atoms with Gasteiger partial charge in [-0.15, -0.1) is 0 Å². The van der Waals surface area contributed by atoms with Crippen molar-refractivity contribution in [2.45, 2.75) is 47.9 Å². The first-order valence-electron chi connectivity index (χ1n) is 4.53. The summed E-state index contributed by atoms with van der Waals surface area (Å²) in [5, 5.41) is 0. The van der Waals surface area contributed by atoms with Gasteiger partial charge in [0.1, 0.15) is 0 Å². The average molecular weight is 325 g/mol. The van der Waals surface area contributed by atoms with Crippen LogP contribution < -0.4 is 0 Å². The Morgan fingerprint density at radius 2 is 1.27 bits per heavy atom. The van der Waals surface area contributed by atoms with E-state index in [1.54, 1.807) is 0 Å². The van der Waals surface area contributed by atoms with Gasteiger partial charge in [0.25, 0.3) is 0 Å². The molecule has 3 heteroatoms. The standard InChI is InChI=1S/2C4H9.Hf.2O/c2*1-3-4-2;;;/h2*1,3-4H2,2H3;;;. The molecule has 0 aliphatic carbocycles. The van der Waals surface area contributed by atoms with Crippen LogP contribution in [-0.4, -0.2) is 0 Å². The molecule has 0 spiro atoms. The van der Waals surface area contributed by atoms with Crippen LogP contribution in [0.25, 0.3) is 0 Å². The second-order valence-electron chi connectivity index (χ2n) is 3.12. The van der Waals surface area contributed by atoms with Crippen molar-refractivity contribution in [2.75, 3.05) is 0 Å². The van der Waals surface area contributed by atoms with Gasteiger partial charge >= 0.3 is 73.6 Å². The van der Waals surface area contributed by atoms with Gasteiger partial charge in [0.15, 0.2) is 0 Å². The Bertz CT molecular complexity index is 157. The Morgan fingerprint density at radius 3 is 1.55 bits per heavy atom. The third-order valence-electron chi connectivity index (χ3n) is 1.82. The van der Waals surface area contributed by atoms with E-state index in [9.17, 15) is 5.71 Å². The van der Waals surface area contributed by atoms with E-state index in [4.69, 9.17) is 0 Å². The molecule has 0 saturated heterocycles. The number of hydrogen-bond donors (Lipinski definition) is 0. The van der Waals surface area contributed by atoms with Crippen LogP contribution in [0.3, 0.4) is 0 Å². The summed E-state index contributed by atoms with van der Waals surface area (Å²) < 4.78 is 23.6. The van der Waals surface area contributed by atoms with Crippen molar-refractivity contribution >= 4 is 0 Å². The molecule has 66 valence electrons. The van der Waals surface area contributed by atoms with Crippen LogP contribution in [0.5, 0.6) is 0 Å². The first kappa shape index (κ1) is 11.5. The molecule has 0 aromatic heterocycles. The average Bonchev–Trinajstić information content (AvgIpc) is 1.97. The van der Waals surface area contributed by atoms with Crippen molar-refractivity contribution in [3.05, 3.63) is 0 Å². The van der Waals surface area contributed by atoms with Gasteiger partial charge in [-0.05, 0) is 0 Å². The van der Waals surface area contributed by atoms with Gasteiger partial charge in [-0.1, -0.05) is 0 Å². The van der Waals surface area contributed by atoms with E-state index < -0.39 is 20.0 Å². The SMILES string of the molecule is CCC[CH2][Hf](=[O])(=[O])[CH2]CCC. The fraction of sp³-hybridized carbons (Fsp3) is 1.00. The van der Waals surface area contributed by atoms with Crippen LogP contribution in [0.4, 0.5) is 0 Å². The zero-order chi connectivity index (χ0) is 8.74. The Morgan fingerprint density at radius 1 is 0.909 bits per heavy atom. The molecule has 0 atom stereocenters. The van der Waals surface area contributed by atoms with Gasteiger partial charge in [0.2, 0.25) is 0 Å². The molecule has 0 aromatic rings. The predicted molar refractivity (Wildman–Crippen MR) is 40.8 cm³/mol. The summed E-state index contributed by atoms with van der Waals surface area (Å²) >= 11 is -4.05. The molecular formula is C8H18HfO2. The molecule has 0 unspecified atom stereocenters. The molecule has 0 aliphatic heterocycles. The molecule has 0 aromatic carbocycles. The molecule has 0 aliphatic rings. The monoisotopic (exact) mass is 326 g/mol. The summed E-state index contributed by atoms with van der Waals surface area (Å²) in [5.41, 5.74) is 0. The number of unbranched alkanes of at least 4 members (excludes halogenated alkanes) is 2. The summed E-state index contributed by atoms with van der Waals surface area (Å²) in [5.74, 6) is 0. The van der Waals surface area contributed by atoms with Crippen LogP contribution in [-0.2, 0) is 25.7 Å². The van der Waals surface area contributed by atoms with Gasteiger partial charge in [0, 0.05) is 0 Å². The van der Waals surface area contributed by atoms with Crippen molar-refractivity contribution in [1.29, 1.82) is 0 Å². The van der Waals surface area contributed by atoms with Gasteiger partial charge in [-0.2, -0.15) is 0 Å². The van der Waals surface area contributed by atoms with Crippen molar-refractivity contribution < 1.29 is 25.7 Å². The van der Waals surface area contributed by atoms with Crippen LogP contribution in [0.2, 0.25) is 8.35 Å². The number of hydrogen-bond acceptors (Lipinski definition) is 2. The van der Waals surface area contributed by atoms with E-state index >= 15 is 0 Å². The molecular weight excluding hydrogens is 307 g/mol. The van der Waals surface area contributed by atoms with E-state index in [0.29, 0.717) is 8.35 Å². The summed E-state index contributed by atoms with van der Waals surface area (Å²) in [6, 6.07) is 0. The molecule has 0 heterocycles. The topological polar surface area (TPSA) is 34.1 Å². The van der Waals surface area contributed by atoms with Gasteiger partial charge < -0.3 is 0 Å². The third-order valence-corrected chi connectivity index (χ3v) is 9.84. The number of rotatable bonds is 6. The molecule has 11 heavy (non-hydrogen) atoms. The zero-order valence-electron chi connectivity index (χ0n) is 7.56. The van der Waals surface area contributed by atoms with Crippen LogP contribution in [0.15, 0.2) is 0 Å². The van der Waals surface area contributed by atoms with E-state index in [1.807, 2.05) is 13.8 Å². The molecule has 0 bridgehead atoms. The van der Waals surface area contributed by atoms with E-state index in [1.165, 1.54) is 0 Å². The first-order valence-corrected chi connectivity index (χ1v) is 12.5. The third kappa shape index (κ3) is 6.85. The van der Waals surface area contributed by atoms with Crippen LogP contribution in [0, 0.1) is 0 Å². The van der Waals surface area contributed by atoms with Gasteiger partial charge in [-0.3, -0.25) is 0 Å². The van der Waals surface area contributed by atoms with Crippen molar-refractivity contribution in [1.82, 2.24) is 0 Å². The fourth-order valence-electron chi connectivity index (χ4n) is 1.02. The molecule has 0 saturated carbocycles. The quantitative estimate of drug-likeness (QED) is 0.703. The molecule has 2 nitrogen and oxygen atoms in total. The molecule has 0 N–H and O–H groups in total. The van der Waals surface area contributed by atoms with Crippen molar-refractivity contribution in [3.8, 4) is 0 Å². The maximum absolute atomic E-state index is 11.3. The minimum absolute atomic E-state index is 0.517. The normalized spacial score (nSPS) is 10.4. The van der Waals surface area contributed by atoms with Gasteiger partial charge in [0.05, 0.1) is 0 Å². The van der Waals surface area contributed by atoms with E-state index in [-0.39, 0.29) is 0 Å². The summed E-state index contributed by atoms with van der Waals surface area (Å²) in [6.07, 6.45) is 3.74. The fourth-order valence-corrected chi connectivity index (χ4v) is 8.33. The minimum atomic E-state index is -4.05. The Kier molecular flexibility index (Phi) is 6.30. The van der Waals surface area contributed by atoms with E-state index in [0.717, 1.165) is 25.7 Å². The zero-order valence-corrected chi connectivity index (χ0v) is 11.2. The second-order valence-corrected chi connectivity index (χ2v) is 13.3. The maximum atomic E-state index is 11.3. The summed E-state index contributed by atoms with van der Waals surface area (Å²) in [6.45, 7) is 4.06. The molecule has 0 radical (unpaired) electrons. The van der Waals surface area contributed by atoms with Crippen molar-refractivity contribution in [2.24, 2.45) is 0 Å². The Balaban J connectivity index is 3.63. The van der Waals surface area contributed by atoms with Crippen LogP contribution >= 0.6 is 0 Å². The summed E-state index contributed by atoms with van der Waals surface area (Å²) in [4.78, 5) is 0. The van der Waals surface area contributed by atoms with Crippen LogP contribution in [0.1, 0.15) is 39.5 Å². The molecule has 0 amide bonds. The van der Waals surface area contributed by atoms with E-state index in [2.05, 4.69) is 0 Å². The second kappa shape index (κ2) is 6.04. The molecule has 0 fully saturated rings. The Labute approximate surface area is 73.6 Å². The summed E-state index contributed by atoms with van der Waals surface area (Å²) in [7, 11) is 0. The molecule has 0 rings (SSSR count). The first-order chi connectivity index (χ1) is 5.12. The predicted octanol–water partition coefficient (Wildman–Crippen LogP) is 3.27. The Hall–Kier alpha value is 0.470.